The molecule has 0 aliphatic carbocycles. The van der Waals surface area contributed by atoms with Gasteiger partial charge in [-0.3, -0.25) is 4.68 Å². The van der Waals surface area contributed by atoms with Crippen LogP contribution in [0.1, 0.15) is 19.5 Å². The van der Waals surface area contributed by atoms with Gasteiger partial charge in [-0.25, -0.2) is 9.69 Å². The Morgan fingerprint density at radius 1 is 1.42 bits per heavy atom. The summed E-state index contributed by atoms with van der Waals surface area (Å²) in [4.78, 5) is 14.3. The molecule has 1 unspecified atom stereocenters. The fourth-order valence-electron chi connectivity index (χ4n) is 2.09. The molecule has 8 heteroatoms. The Morgan fingerprint density at radius 3 is 2.37 bits per heavy atom. The second-order valence-corrected chi connectivity index (χ2v) is 4.82. The Bertz CT molecular complexity index is 511. The molecule has 1 aliphatic rings. The number of urea groups is 1. The number of carbonyl (C=O) groups is 1. The van der Waals surface area contributed by atoms with Gasteiger partial charge in [-0.05, 0) is 6.92 Å². The molecule has 2 atom stereocenters. The molecule has 0 saturated carbocycles. The molecule has 0 spiro atoms. The smallest absolute Gasteiger partial charge is 0.328 e. The molecule has 1 N–H and O–H groups in total. The van der Waals surface area contributed by atoms with Gasteiger partial charge < -0.3 is 10.0 Å². The zero-order valence-electron chi connectivity index (χ0n) is 11.1. The first-order chi connectivity index (χ1) is 8.64. The van der Waals surface area contributed by atoms with Crippen LogP contribution in [0, 0.1) is 0 Å². The maximum atomic E-state index is 13.3. The summed E-state index contributed by atoms with van der Waals surface area (Å²) < 4.78 is 27.7. The highest BCUT2D eigenvalue weighted by atomic mass is 19.3. The fourth-order valence-corrected chi connectivity index (χ4v) is 2.09. The van der Waals surface area contributed by atoms with Gasteiger partial charge in [-0.15, -0.1) is 0 Å². The minimum atomic E-state index is -3.06. The van der Waals surface area contributed by atoms with E-state index in [-0.39, 0.29) is 11.5 Å². The third-order valence-corrected chi connectivity index (χ3v) is 3.38. The summed E-state index contributed by atoms with van der Waals surface area (Å²) in [7, 11) is 2.91. The molecule has 1 aromatic rings. The number of aliphatic hydroxyl groups is 1. The van der Waals surface area contributed by atoms with Crippen molar-refractivity contribution in [3.05, 3.63) is 11.8 Å². The molecule has 1 aliphatic heterocycles. The van der Waals surface area contributed by atoms with E-state index < -0.39 is 24.2 Å². The highest BCUT2D eigenvalue weighted by molar-refractivity contribution is 5.94. The average Bonchev–Trinajstić information content (AvgIpc) is 2.75. The highest BCUT2D eigenvalue weighted by Crippen LogP contribution is 2.32. The zero-order valence-corrected chi connectivity index (χ0v) is 11.1. The van der Waals surface area contributed by atoms with Crippen molar-refractivity contribution in [1.29, 1.82) is 0 Å². The Hall–Kier alpha value is -1.70. The summed E-state index contributed by atoms with van der Waals surface area (Å²) in [6.45, 7) is 2.42. The van der Waals surface area contributed by atoms with Crippen LogP contribution in [0.15, 0.2) is 6.07 Å². The Morgan fingerprint density at radius 2 is 2.00 bits per heavy atom. The van der Waals surface area contributed by atoms with Gasteiger partial charge in [0.1, 0.15) is 5.69 Å². The number of hydrogen-bond donors (Lipinski definition) is 1. The number of carbonyl (C=O) groups excluding carboxylic acids is 1. The van der Waals surface area contributed by atoms with Crippen LogP contribution in [0.2, 0.25) is 0 Å². The van der Waals surface area contributed by atoms with Crippen molar-refractivity contribution in [2.45, 2.75) is 32.0 Å². The highest BCUT2D eigenvalue weighted by Gasteiger charge is 2.43. The van der Waals surface area contributed by atoms with Gasteiger partial charge in [0.15, 0.2) is 12.0 Å². The molecule has 1 aromatic heterocycles. The SMILES string of the molecule is C[C@@H]1C(O)N(c2cc(C(C)(F)F)n(C)n2)C(=O)N1C. The van der Waals surface area contributed by atoms with Gasteiger partial charge in [0.05, 0.1) is 6.04 Å². The van der Waals surface area contributed by atoms with Gasteiger partial charge in [0.25, 0.3) is 5.92 Å². The number of aromatic nitrogens is 2. The van der Waals surface area contributed by atoms with Crippen LogP contribution in [-0.4, -0.2) is 45.1 Å². The topological polar surface area (TPSA) is 61.6 Å². The molecule has 106 valence electrons. The normalized spacial score (nSPS) is 24.5. The van der Waals surface area contributed by atoms with Crippen molar-refractivity contribution < 1.29 is 18.7 Å². The molecule has 2 amide bonds. The Labute approximate surface area is 109 Å². The van der Waals surface area contributed by atoms with Crippen LogP contribution in [0.5, 0.6) is 0 Å². The first-order valence-corrected chi connectivity index (χ1v) is 5.81. The van der Waals surface area contributed by atoms with Crippen molar-refractivity contribution in [1.82, 2.24) is 14.7 Å². The first kappa shape index (κ1) is 13.7. The van der Waals surface area contributed by atoms with Crippen LogP contribution in [-0.2, 0) is 13.0 Å². The summed E-state index contributed by atoms with van der Waals surface area (Å²) in [6, 6.07) is 0.219. The molecule has 0 aromatic carbocycles. The summed E-state index contributed by atoms with van der Waals surface area (Å²) in [5.74, 6) is -3.04. The lowest BCUT2D eigenvalue weighted by atomic mass is 10.2. The van der Waals surface area contributed by atoms with Crippen molar-refractivity contribution in [3.63, 3.8) is 0 Å². The van der Waals surface area contributed by atoms with Gasteiger partial charge in [-0.2, -0.15) is 13.9 Å². The van der Waals surface area contributed by atoms with E-state index in [1.54, 1.807) is 6.92 Å². The molecule has 2 rings (SSSR count). The predicted octanol–water partition coefficient (Wildman–Crippen LogP) is 1.11. The van der Waals surface area contributed by atoms with Crippen LogP contribution in [0.25, 0.3) is 0 Å². The minimum Gasteiger partial charge on any atom is -0.371 e. The van der Waals surface area contributed by atoms with Gasteiger partial charge in [-0.1, -0.05) is 0 Å². The Balaban J connectivity index is 2.41. The molecule has 0 radical (unpaired) electrons. The monoisotopic (exact) mass is 274 g/mol. The van der Waals surface area contributed by atoms with E-state index in [1.165, 1.54) is 19.0 Å². The van der Waals surface area contributed by atoms with Crippen LogP contribution < -0.4 is 4.90 Å². The molecule has 6 nitrogen and oxygen atoms in total. The molecular formula is C11H16F2N4O2. The summed E-state index contributed by atoms with van der Waals surface area (Å²) in [6.07, 6.45) is -1.11. The van der Waals surface area contributed by atoms with Crippen molar-refractivity contribution in [3.8, 4) is 0 Å². The lowest BCUT2D eigenvalue weighted by Crippen LogP contribution is -2.35. The number of halogens is 2. The Kier molecular flexibility index (Phi) is 3.00. The van der Waals surface area contributed by atoms with Crippen LogP contribution in [0.3, 0.4) is 0 Å². The van der Waals surface area contributed by atoms with E-state index in [1.807, 2.05) is 0 Å². The summed E-state index contributed by atoms with van der Waals surface area (Å²) in [5.41, 5.74) is -0.315. The largest absolute Gasteiger partial charge is 0.371 e. The van der Waals surface area contributed by atoms with Gasteiger partial charge in [0.2, 0.25) is 0 Å². The van der Waals surface area contributed by atoms with E-state index in [2.05, 4.69) is 5.10 Å². The summed E-state index contributed by atoms with van der Waals surface area (Å²) in [5, 5.41) is 13.9. The lowest BCUT2D eigenvalue weighted by molar-refractivity contribution is 0.00882. The second kappa shape index (κ2) is 4.16. The molecule has 19 heavy (non-hydrogen) atoms. The average molecular weight is 274 g/mol. The van der Waals surface area contributed by atoms with E-state index >= 15 is 0 Å². The standard InChI is InChI=1S/C11H16F2N4O2/c1-6-9(18)17(10(19)15(6)3)8-5-7(11(2,12)13)16(4)14-8/h5-6,9,18H,1-4H3/t6-,9?/m1/s1. The van der Waals surface area contributed by atoms with Crippen molar-refractivity contribution >= 4 is 11.8 Å². The minimum absolute atomic E-state index is 0.0210. The molecule has 1 saturated heterocycles. The number of alkyl halides is 2. The number of nitrogens with zero attached hydrogens (tertiary/aromatic N) is 4. The van der Waals surface area contributed by atoms with Crippen LogP contribution in [0.4, 0.5) is 19.4 Å². The molecule has 2 heterocycles. The molecule has 0 bridgehead atoms. The lowest BCUT2D eigenvalue weighted by Gasteiger charge is -2.16. The van der Waals surface area contributed by atoms with Crippen LogP contribution >= 0.6 is 0 Å². The first-order valence-electron chi connectivity index (χ1n) is 5.81. The number of aryl methyl sites for hydroxylation is 1. The van der Waals surface area contributed by atoms with Gasteiger partial charge in [0, 0.05) is 27.1 Å². The fraction of sp³-hybridized carbons (Fsp3) is 0.636. The van der Waals surface area contributed by atoms with Crippen molar-refractivity contribution in [2.75, 3.05) is 11.9 Å². The quantitative estimate of drug-likeness (QED) is 0.878. The number of rotatable bonds is 2. The van der Waals surface area contributed by atoms with Crippen molar-refractivity contribution in [2.24, 2.45) is 7.05 Å². The zero-order chi connectivity index (χ0) is 14.5. The molecule has 1 fully saturated rings. The summed E-state index contributed by atoms with van der Waals surface area (Å²) >= 11 is 0. The second-order valence-electron chi connectivity index (χ2n) is 4.82. The van der Waals surface area contributed by atoms with Gasteiger partial charge >= 0.3 is 6.03 Å². The maximum absolute atomic E-state index is 13.3. The van der Waals surface area contributed by atoms with E-state index in [0.29, 0.717) is 0 Å². The number of amides is 2. The number of hydrogen-bond acceptors (Lipinski definition) is 3. The maximum Gasteiger partial charge on any atom is 0.328 e. The predicted molar refractivity (Wildman–Crippen MR) is 63.9 cm³/mol. The van der Waals surface area contributed by atoms with E-state index in [4.69, 9.17) is 0 Å². The van der Waals surface area contributed by atoms with E-state index in [9.17, 15) is 18.7 Å². The third kappa shape index (κ3) is 2.05. The van der Waals surface area contributed by atoms with E-state index in [0.717, 1.165) is 22.6 Å². The molecular weight excluding hydrogens is 258 g/mol. The number of anilines is 1. The number of aliphatic hydroxyl groups excluding tert-OH is 1. The third-order valence-electron chi connectivity index (χ3n) is 3.38. The number of likely N-dealkylation sites (N-methyl/N-ethyl adjacent to an activating group) is 1.